The number of hydrogen-bond acceptors (Lipinski definition) is 4. The van der Waals surface area contributed by atoms with Crippen LogP contribution in [0.5, 0.6) is 11.5 Å². The molecule has 0 saturated heterocycles. The highest BCUT2D eigenvalue weighted by atomic mass is 35.5. The van der Waals surface area contributed by atoms with Gasteiger partial charge in [-0.3, -0.25) is 4.79 Å². The third-order valence-corrected chi connectivity index (χ3v) is 4.04. The molecule has 0 aromatic heterocycles. The van der Waals surface area contributed by atoms with Crippen molar-refractivity contribution in [3.63, 3.8) is 0 Å². The van der Waals surface area contributed by atoms with Crippen molar-refractivity contribution in [3.05, 3.63) is 22.7 Å². The molecule has 0 heterocycles. The Morgan fingerprint density at radius 1 is 1.45 bits per heavy atom. The standard InChI is InChI=1S/C16H25ClN2O3/c1-10(16(2,3)9-19(4)5)18-15(21)11-7-12(17)14(20)13(8-11)22-6/h7-8,10,20H,9H2,1-6H3,(H,18,21)/t10-/m0/s1. The highest BCUT2D eigenvalue weighted by molar-refractivity contribution is 6.32. The van der Waals surface area contributed by atoms with E-state index in [4.69, 9.17) is 16.3 Å². The number of hydrogen-bond donors (Lipinski definition) is 2. The maximum Gasteiger partial charge on any atom is 0.251 e. The van der Waals surface area contributed by atoms with Crippen molar-refractivity contribution in [1.82, 2.24) is 10.2 Å². The molecule has 0 spiro atoms. The van der Waals surface area contributed by atoms with Crippen molar-refractivity contribution in [2.45, 2.75) is 26.8 Å². The minimum Gasteiger partial charge on any atom is -0.503 e. The molecular formula is C16H25ClN2O3. The number of nitrogens with zero attached hydrogens (tertiary/aromatic N) is 1. The molecule has 0 fully saturated rings. The van der Waals surface area contributed by atoms with E-state index in [9.17, 15) is 9.90 Å². The molecule has 5 nitrogen and oxygen atoms in total. The second-order valence-corrected chi connectivity index (χ2v) is 6.84. The summed E-state index contributed by atoms with van der Waals surface area (Å²) in [6, 6.07) is 2.86. The predicted molar refractivity (Wildman–Crippen MR) is 88.9 cm³/mol. The van der Waals surface area contributed by atoms with Gasteiger partial charge in [-0.1, -0.05) is 25.4 Å². The first-order valence-corrected chi connectivity index (χ1v) is 7.48. The van der Waals surface area contributed by atoms with Crippen LogP contribution in [0.3, 0.4) is 0 Å². The number of amides is 1. The van der Waals surface area contributed by atoms with Crippen molar-refractivity contribution in [2.24, 2.45) is 5.41 Å². The number of aromatic hydroxyl groups is 1. The monoisotopic (exact) mass is 328 g/mol. The van der Waals surface area contributed by atoms with E-state index < -0.39 is 0 Å². The fourth-order valence-electron chi connectivity index (χ4n) is 2.29. The minimum absolute atomic E-state index is 0.0408. The fourth-order valence-corrected chi connectivity index (χ4v) is 2.50. The first-order valence-electron chi connectivity index (χ1n) is 7.10. The summed E-state index contributed by atoms with van der Waals surface area (Å²) in [5.41, 5.74) is 0.261. The first-order chi connectivity index (χ1) is 10.1. The number of halogens is 1. The SMILES string of the molecule is COc1cc(C(=O)N[C@@H](C)C(C)(C)CN(C)C)cc(Cl)c1O. The van der Waals surface area contributed by atoms with Crippen molar-refractivity contribution in [3.8, 4) is 11.5 Å². The summed E-state index contributed by atoms with van der Waals surface area (Å²) in [6.45, 7) is 7.01. The Morgan fingerprint density at radius 2 is 2.05 bits per heavy atom. The Balaban J connectivity index is 2.92. The van der Waals surface area contributed by atoms with Crippen LogP contribution >= 0.6 is 11.6 Å². The summed E-state index contributed by atoms with van der Waals surface area (Å²) >= 11 is 5.92. The smallest absolute Gasteiger partial charge is 0.251 e. The zero-order chi connectivity index (χ0) is 17.1. The Hall–Kier alpha value is -1.46. The third-order valence-electron chi connectivity index (χ3n) is 3.75. The second-order valence-electron chi connectivity index (χ2n) is 6.43. The van der Waals surface area contributed by atoms with Gasteiger partial charge < -0.3 is 20.1 Å². The number of phenols is 1. The van der Waals surface area contributed by atoms with Crippen LogP contribution in [0.15, 0.2) is 12.1 Å². The van der Waals surface area contributed by atoms with Gasteiger partial charge in [0.15, 0.2) is 11.5 Å². The highest BCUT2D eigenvalue weighted by Gasteiger charge is 2.28. The number of nitrogens with one attached hydrogen (secondary N) is 1. The summed E-state index contributed by atoms with van der Waals surface area (Å²) in [5, 5.41) is 12.8. The van der Waals surface area contributed by atoms with Gasteiger partial charge in [0.1, 0.15) is 0 Å². The molecule has 0 unspecified atom stereocenters. The van der Waals surface area contributed by atoms with Crippen LogP contribution in [0.1, 0.15) is 31.1 Å². The average Bonchev–Trinajstić information content (AvgIpc) is 2.39. The van der Waals surface area contributed by atoms with Crippen molar-refractivity contribution in [2.75, 3.05) is 27.7 Å². The molecule has 124 valence electrons. The molecule has 1 rings (SSSR count). The lowest BCUT2D eigenvalue weighted by Crippen LogP contribution is -2.47. The lowest BCUT2D eigenvalue weighted by Gasteiger charge is -2.34. The van der Waals surface area contributed by atoms with Crippen molar-refractivity contribution in [1.29, 1.82) is 0 Å². The van der Waals surface area contributed by atoms with Crippen LogP contribution in [-0.2, 0) is 0 Å². The number of phenolic OH excluding ortho intramolecular Hbond substituents is 1. The molecule has 0 aliphatic heterocycles. The van der Waals surface area contributed by atoms with Crippen molar-refractivity contribution < 1.29 is 14.6 Å². The predicted octanol–water partition coefficient (Wildman–Crippen LogP) is 2.76. The van der Waals surface area contributed by atoms with Crippen LogP contribution in [0.25, 0.3) is 0 Å². The quantitative estimate of drug-likeness (QED) is 0.843. The zero-order valence-electron chi connectivity index (χ0n) is 14.0. The van der Waals surface area contributed by atoms with E-state index in [1.807, 2.05) is 21.0 Å². The summed E-state index contributed by atoms with van der Waals surface area (Å²) in [4.78, 5) is 14.5. The number of benzene rings is 1. The summed E-state index contributed by atoms with van der Waals surface area (Å²) < 4.78 is 5.02. The zero-order valence-corrected chi connectivity index (χ0v) is 14.8. The van der Waals surface area contributed by atoms with Gasteiger partial charge in [0.2, 0.25) is 0 Å². The Labute approximate surface area is 137 Å². The van der Waals surface area contributed by atoms with Gasteiger partial charge in [-0.2, -0.15) is 0 Å². The molecule has 0 saturated carbocycles. The number of carbonyl (C=O) groups excluding carboxylic acids is 1. The summed E-state index contributed by atoms with van der Waals surface area (Å²) in [6.07, 6.45) is 0. The van der Waals surface area contributed by atoms with Crippen LogP contribution in [0.2, 0.25) is 5.02 Å². The van der Waals surface area contributed by atoms with Gasteiger partial charge in [0, 0.05) is 18.2 Å². The van der Waals surface area contributed by atoms with Gasteiger partial charge in [-0.15, -0.1) is 0 Å². The molecule has 0 aliphatic rings. The van der Waals surface area contributed by atoms with Gasteiger partial charge in [0.05, 0.1) is 12.1 Å². The molecule has 0 radical (unpaired) electrons. The molecule has 1 atom stereocenters. The number of rotatable bonds is 6. The highest BCUT2D eigenvalue weighted by Crippen LogP contribution is 2.35. The molecular weight excluding hydrogens is 304 g/mol. The largest absolute Gasteiger partial charge is 0.503 e. The lowest BCUT2D eigenvalue weighted by molar-refractivity contribution is 0.0885. The molecule has 2 N–H and O–H groups in total. The van der Waals surface area contributed by atoms with E-state index in [1.165, 1.54) is 19.2 Å². The van der Waals surface area contributed by atoms with E-state index in [1.54, 1.807) is 0 Å². The van der Waals surface area contributed by atoms with Crippen LogP contribution in [0.4, 0.5) is 0 Å². The summed E-state index contributed by atoms with van der Waals surface area (Å²) in [7, 11) is 5.41. The average molecular weight is 329 g/mol. The van der Waals surface area contributed by atoms with E-state index in [-0.39, 0.29) is 33.9 Å². The number of carbonyl (C=O) groups is 1. The fraction of sp³-hybridized carbons (Fsp3) is 0.562. The van der Waals surface area contributed by atoms with E-state index in [0.717, 1.165) is 6.54 Å². The normalized spacial score (nSPS) is 13.1. The van der Waals surface area contributed by atoms with Crippen LogP contribution in [-0.4, -0.2) is 49.7 Å². The molecule has 0 bridgehead atoms. The maximum absolute atomic E-state index is 12.4. The second kappa shape index (κ2) is 7.20. The van der Waals surface area contributed by atoms with Gasteiger partial charge >= 0.3 is 0 Å². The minimum atomic E-state index is -0.250. The Kier molecular flexibility index (Phi) is 6.08. The van der Waals surface area contributed by atoms with E-state index in [2.05, 4.69) is 24.1 Å². The van der Waals surface area contributed by atoms with E-state index in [0.29, 0.717) is 5.56 Å². The molecule has 1 amide bonds. The molecule has 1 aromatic rings. The molecule has 6 heteroatoms. The maximum atomic E-state index is 12.4. The van der Waals surface area contributed by atoms with Gasteiger partial charge in [-0.05, 0) is 38.6 Å². The third kappa shape index (κ3) is 4.52. The van der Waals surface area contributed by atoms with Gasteiger partial charge in [-0.25, -0.2) is 0 Å². The topological polar surface area (TPSA) is 61.8 Å². The molecule has 1 aromatic carbocycles. The Morgan fingerprint density at radius 3 is 2.55 bits per heavy atom. The van der Waals surface area contributed by atoms with Crippen LogP contribution in [0, 0.1) is 5.41 Å². The summed E-state index contributed by atoms with van der Waals surface area (Å²) in [5.74, 6) is -0.237. The van der Waals surface area contributed by atoms with Crippen LogP contribution < -0.4 is 10.1 Å². The number of methoxy groups -OCH3 is 1. The van der Waals surface area contributed by atoms with Crippen molar-refractivity contribution >= 4 is 17.5 Å². The number of ether oxygens (including phenoxy) is 1. The molecule has 22 heavy (non-hydrogen) atoms. The van der Waals surface area contributed by atoms with Gasteiger partial charge in [0.25, 0.3) is 5.91 Å². The lowest BCUT2D eigenvalue weighted by atomic mass is 9.84. The van der Waals surface area contributed by atoms with E-state index >= 15 is 0 Å². The first kappa shape index (κ1) is 18.6. The Bertz CT molecular complexity index is 544. The molecule has 0 aliphatic carbocycles.